The van der Waals surface area contributed by atoms with E-state index in [0.717, 1.165) is 0 Å². The number of hydrogen-bond donors (Lipinski definition) is 3. The van der Waals surface area contributed by atoms with Crippen LogP contribution in [0.5, 0.6) is 5.75 Å². The van der Waals surface area contributed by atoms with Crippen LogP contribution in [0.15, 0.2) is 35.9 Å². The molecule has 4 bridgehead atoms. The number of carbonyl (C=O) groups is 3. The number of allylic oxidation sites excluding steroid dienone is 2. The zero-order valence-electron chi connectivity index (χ0n) is 26.8. The Morgan fingerprint density at radius 1 is 1.24 bits per heavy atom. The summed E-state index contributed by atoms with van der Waals surface area (Å²) in [6, 6.07) is 3.17. The maximum atomic E-state index is 13.8. The van der Waals surface area contributed by atoms with Gasteiger partial charge in [0.1, 0.15) is 40.8 Å². The highest BCUT2D eigenvalue weighted by molar-refractivity contribution is 6.35. The molecule has 2 fully saturated rings. The summed E-state index contributed by atoms with van der Waals surface area (Å²) in [6.07, 6.45) is -0.848. The van der Waals surface area contributed by atoms with Crippen molar-refractivity contribution in [2.75, 3.05) is 26.2 Å². The van der Waals surface area contributed by atoms with Gasteiger partial charge in [-0.2, -0.15) is 0 Å². The number of halogens is 1. The lowest BCUT2D eigenvalue weighted by molar-refractivity contribution is -0.157. The van der Waals surface area contributed by atoms with Crippen molar-refractivity contribution in [3.05, 3.63) is 46.5 Å². The minimum Gasteiger partial charge on any atom is -0.495 e. The molecule has 0 aliphatic carbocycles. The summed E-state index contributed by atoms with van der Waals surface area (Å²) in [5.41, 5.74) is -1.75. The van der Waals surface area contributed by atoms with Crippen LogP contribution in [0.1, 0.15) is 59.1 Å². The van der Waals surface area contributed by atoms with Gasteiger partial charge >= 0.3 is 12.1 Å². The average Bonchev–Trinajstić information content (AvgIpc) is 3.68. The van der Waals surface area contributed by atoms with Crippen LogP contribution in [-0.4, -0.2) is 85.2 Å². The van der Waals surface area contributed by atoms with Crippen molar-refractivity contribution >= 4 is 35.3 Å². The second-order valence-corrected chi connectivity index (χ2v) is 12.8. The molecule has 2 amide bonds. The first-order chi connectivity index (χ1) is 21.1. The molecule has 1 aromatic carbocycles. The van der Waals surface area contributed by atoms with Gasteiger partial charge in [-0.3, -0.25) is 14.9 Å². The highest BCUT2D eigenvalue weighted by Crippen LogP contribution is 2.49. The Morgan fingerprint density at radius 3 is 2.56 bits per heavy atom. The number of ether oxygens (including phenoxy) is 5. The summed E-state index contributed by atoms with van der Waals surface area (Å²) < 4.78 is 28.6. The summed E-state index contributed by atoms with van der Waals surface area (Å²) in [6.45, 7) is 8.62. The van der Waals surface area contributed by atoms with Gasteiger partial charge in [0, 0.05) is 26.5 Å². The summed E-state index contributed by atoms with van der Waals surface area (Å²) in [7, 11) is 4.36. The maximum Gasteiger partial charge on any atom is 0.409 e. The van der Waals surface area contributed by atoms with Gasteiger partial charge in [0.2, 0.25) is 5.91 Å². The van der Waals surface area contributed by atoms with Crippen molar-refractivity contribution < 1.29 is 48.3 Å². The number of aliphatic hydroxyl groups is 2. The minimum atomic E-state index is -1.84. The topological polar surface area (TPSA) is 156 Å². The molecule has 0 radical (unpaired) electrons. The fraction of sp³-hybridized carbons (Fsp3) is 0.594. The molecule has 45 heavy (non-hydrogen) atoms. The number of anilines is 1. The second-order valence-electron chi connectivity index (χ2n) is 12.4. The molecule has 3 heterocycles. The summed E-state index contributed by atoms with van der Waals surface area (Å²) in [5, 5.41) is 25.5. The van der Waals surface area contributed by atoms with Crippen LogP contribution < -0.4 is 15.0 Å². The third kappa shape index (κ3) is 7.00. The molecule has 0 spiro atoms. The van der Waals surface area contributed by atoms with Crippen molar-refractivity contribution in [3.8, 4) is 5.75 Å². The van der Waals surface area contributed by atoms with E-state index in [1.165, 1.54) is 26.2 Å². The van der Waals surface area contributed by atoms with Gasteiger partial charge in [-0.15, -0.1) is 0 Å². The van der Waals surface area contributed by atoms with Crippen molar-refractivity contribution in [1.29, 1.82) is 0 Å². The normalized spacial score (nSPS) is 35.8. The first kappa shape index (κ1) is 34.7. The van der Waals surface area contributed by atoms with Crippen molar-refractivity contribution in [2.45, 2.75) is 89.3 Å². The van der Waals surface area contributed by atoms with Crippen molar-refractivity contribution in [1.82, 2.24) is 5.32 Å². The smallest absolute Gasteiger partial charge is 0.409 e. The van der Waals surface area contributed by atoms with Gasteiger partial charge in [-0.25, -0.2) is 4.79 Å². The molecule has 13 heteroatoms. The van der Waals surface area contributed by atoms with Crippen LogP contribution in [0.2, 0.25) is 5.02 Å². The lowest BCUT2D eigenvalue weighted by Gasteiger charge is -2.42. The molecule has 0 aromatic heterocycles. The fourth-order valence-corrected chi connectivity index (χ4v) is 6.18. The lowest BCUT2D eigenvalue weighted by atomic mass is 9.83. The van der Waals surface area contributed by atoms with Crippen molar-refractivity contribution in [2.24, 2.45) is 11.8 Å². The van der Waals surface area contributed by atoms with E-state index >= 15 is 0 Å². The number of epoxide rings is 1. The number of esters is 1. The highest BCUT2D eigenvalue weighted by atomic mass is 35.5. The molecule has 1 aromatic rings. The standard InChI is InChI=1S/C32H43ClN2O10/c1-16(2)29(38)44-24-14-25(36)35(6)20-12-19(13-21(41-7)26(20)33)27(37)17(3)10-9-11-23(42-8)32(40)15-22(43-30(39)34-32)18(4)28-31(24,5)45-28/h9-13,16,18,22-24,27-28,37,40H,14-15H2,1-8H3,(H,34,39)/b11-9+,17-10+/t18?,22?,23?,24?,27-,28?,31?,32?/m0/s1. The number of carbonyl (C=O) groups excluding carboxylic acids is 3. The van der Waals surface area contributed by atoms with Gasteiger partial charge in [0.05, 0.1) is 31.2 Å². The van der Waals surface area contributed by atoms with Crippen LogP contribution >= 0.6 is 11.6 Å². The SMILES string of the molecule is COc1cc2cc(c1Cl)N(C)C(=O)CC(OC(=O)C(C)C)C1(C)OC1C(C)C1CC(O)(NC(=O)O1)C(OC)/C=C/C=C(\C)[C@@H]2O. The Kier molecular flexibility index (Phi) is 10.3. The highest BCUT2D eigenvalue weighted by Gasteiger charge is 2.64. The quantitative estimate of drug-likeness (QED) is 0.323. The van der Waals surface area contributed by atoms with E-state index in [1.807, 2.05) is 0 Å². The predicted molar refractivity (Wildman–Crippen MR) is 165 cm³/mol. The van der Waals surface area contributed by atoms with Crippen LogP contribution in [-0.2, 0) is 28.5 Å². The molecule has 2 saturated heterocycles. The Bertz CT molecular complexity index is 1380. The Labute approximate surface area is 268 Å². The molecule has 12 nitrogen and oxygen atoms in total. The van der Waals surface area contributed by atoms with Crippen LogP contribution in [0.25, 0.3) is 0 Å². The summed E-state index contributed by atoms with van der Waals surface area (Å²) in [4.78, 5) is 40.6. The van der Waals surface area contributed by atoms with E-state index in [0.29, 0.717) is 11.1 Å². The number of aliphatic hydroxyl groups excluding tert-OH is 1. The Balaban J connectivity index is 1.83. The molecular formula is C32H43ClN2O10. The van der Waals surface area contributed by atoms with Gasteiger partial charge in [-0.1, -0.05) is 50.6 Å². The number of fused-ring (bicyclic) bond motifs is 5. The molecule has 3 aliphatic heterocycles. The minimum absolute atomic E-state index is 0.0493. The molecule has 4 rings (SSSR count). The largest absolute Gasteiger partial charge is 0.495 e. The molecule has 0 saturated carbocycles. The van der Waals surface area contributed by atoms with E-state index < -0.39 is 71.7 Å². The number of rotatable bonds is 4. The monoisotopic (exact) mass is 650 g/mol. The third-order valence-electron chi connectivity index (χ3n) is 8.89. The number of nitrogens with zero attached hydrogens (tertiary/aromatic N) is 1. The van der Waals surface area contributed by atoms with Gasteiger partial charge in [0.25, 0.3) is 0 Å². The first-order valence-corrected chi connectivity index (χ1v) is 15.2. The van der Waals surface area contributed by atoms with Gasteiger partial charge < -0.3 is 38.8 Å². The molecule has 248 valence electrons. The van der Waals surface area contributed by atoms with E-state index in [2.05, 4.69) is 5.32 Å². The number of hydrogen-bond acceptors (Lipinski definition) is 10. The Hall–Kier alpha value is -3.16. The van der Waals surface area contributed by atoms with Gasteiger partial charge in [0.15, 0.2) is 5.72 Å². The predicted octanol–water partition coefficient (Wildman–Crippen LogP) is 3.81. The van der Waals surface area contributed by atoms with Gasteiger partial charge in [-0.05, 0) is 37.1 Å². The van der Waals surface area contributed by atoms with E-state index in [-0.39, 0.29) is 29.3 Å². The second kappa shape index (κ2) is 13.3. The summed E-state index contributed by atoms with van der Waals surface area (Å²) in [5.74, 6) is -1.65. The average molecular weight is 651 g/mol. The van der Waals surface area contributed by atoms with Crippen LogP contribution in [0.3, 0.4) is 0 Å². The fourth-order valence-electron chi connectivity index (χ4n) is 5.86. The number of alkyl carbamates (subject to hydrolysis) is 1. The summed E-state index contributed by atoms with van der Waals surface area (Å²) >= 11 is 6.65. The zero-order valence-corrected chi connectivity index (χ0v) is 27.6. The zero-order chi connectivity index (χ0) is 33.4. The first-order valence-electron chi connectivity index (χ1n) is 14.9. The van der Waals surface area contributed by atoms with Crippen molar-refractivity contribution in [3.63, 3.8) is 0 Å². The van der Waals surface area contributed by atoms with E-state index in [1.54, 1.807) is 65.0 Å². The van der Waals surface area contributed by atoms with E-state index in [4.69, 9.17) is 35.3 Å². The van der Waals surface area contributed by atoms with E-state index in [9.17, 15) is 24.6 Å². The number of benzene rings is 1. The molecule has 3 N–H and O–H groups in total. The maximum absolute atomic E-state index is 13.8. The molecule has 3 aliphatic rings. The molecular weight excluding hydrogens is 608 g/mol. The molecule has 7 unspecified atom stereocenters. The molecule has 8 atom stereocenters. The van der Waals surface area contributed by atoms with Crippen LogP contribution in [0, 0.1) is 11.8 Å². The Morgan fingerprint density at radius 2 is 1.93 bits per heavy atom. The number of nitrogens with one attached hydrogen (secondary N) is 1. The number of methoxy groups -OCH3 is 2. The lowest BCUT2D eigenvalue weighted by Crippen LogP contribution is -2.63. The number of amides is 2. The third-order valence-corrected chi connectivity index (χ3v) is 9.27. The van der Waals surface area contributed by atoms with Crippen LogP contribution in [0.4, 0.5) is 10.5 Å².